The third-order valence-electron chi connectivity index (χ3n) is 6.45. The largest absolute Gasteiger partial charge is 0.454 e. The molecule has 8 nitrogen and oxygen atoms in total. The molecule has 5 rings (SSSR count). The van der Waals surface area contributed by atoms with Gasteiger partial charge in [-0.05, 0) is 50.3 Å². The van der Waals surface area contributed by atoms with E-state index in [1.54, 1.807) is 0 Å². The van der Waals surface area contributed by atoms with Crippen LogP contribution in [0.2, 0.25) is 0 Å². The maximum Gasteiger partial charge on any atom is 0.255 e. The van der Waals surface area contributed by atoms with Gasteiger partial charge in [0.2, 0.25) is 12.7 Å². The molecular formula is C24H32N4O4. The van der Waals surface area contributed by atoms with Crippen molar-refractivity contribution in [3.8, 4) is 11.5 Å². The molecule has 0 bridgehead atoms. The van der Waals surface area contributed by atoms with Gasteiger partial charge < -0.3 is 19.1 Å². The van der Waals surface area contributed by atoms with Crippen molar-refractivity contribution in [1.29, 1.82) is 0 Å². The monoisotopic (exact) mass is 440 g/mol. The second kappa shape index (κ2) is 8.75. The minimum atomic E-state index is 0.00450. The molecule has 172 valence electrons. The van der Waals surface area contributed by atoms with Crippen molar-refractivity contribution in [1.82, 2.24) is 14.9 Å². The zero-order valence-electron chi connectivity index (χ0n) is 19.1. The number of fused-ring (bicyclic) bond motifs is 2. The van der Waals surface area contributed by atoms with Gasteiger partial charge in [0.1, 0.15) is 0 Å². The van der Waals surface area contributed by atoms with E-state index < -0.39 is 0 Å². The maximum absolute atomic E-state index is 12.8. The molecule has 1 aromatic heterocycles. The average Bonchev–Trinajstić information content (AvgIpc) is 3.20. The number of benzene rings is 1. The van der Waals surface area contributed by atoms with Crippen LogP contribution in [0.25, 0.3) is 0 Å². The van der Waals surface area contributed by atoms with Crippen LogP contribution in [0.4, 0.5) is 5.95 Å². The summed E-state index contributed by atoms with van der Waals surface area (Å²) in [5, 5.41) is 0. The Labute approximate surface area is 188 Å². The van der Waals surface area contributed by atoms with E-state index in [1.807, 2.05) is 6.07 Å². The molecule has 0 aliphatic carbocycles. The topological polar surface area (TPSA) is 79.9 Å². The van der Waals surface area contributed by atoms with Crippen LogP contribution in [0.1, 0.15) is 37.6 Å². The summed E-state index contributed by atoms with van der Waals surface area (Å²) in [5.74, 6) is 2.81. The molecule has 0 unspecified atom stereocenters. The summed E-state index contributed by atoms with van der Waals surface area (Å²) in [6, 6.07) is 6.20. The molecule has 32 heavy (non-hydrogen) atoms. The van der Waals surface area contributed by atoms with Crippen molar-refractivity contribution < 1.29 is 14.2 Å². The number of aromatic nitrogens is 2. The molecule has 3 aliphatic heterocycles. The number of ether oxygens (including phenoxy) is 3. The quantitative estimate of drug-likeness (QED) is 0.765. The Morgan fingerprint density at radius 3 is 2.78 bits per heavy atom. The first-order valence-electron chi connectivity index (χ1n) is 11.6. The van der Waals surface area contributed by atoms with Crippen molar-refractivity contribution in [3.63, 3.8) is 0 Å². The fourth-order valence-electron chi connectivity index (χ4n) is 5.11. The normalized spacial score (nSPS) is 23.8. The van der Waals surface area contributed by atoms with Crippen LogP contribution in [0.15, 0.2) is 23.0 Å². The van der Waals surface area contributed by atoms with Crippen molar-refractivity contribution in [2.24, 2.45) is 5.92 Å². The Hall–Kier alpha value is -2.58. The summed E-state index contributed by atoms with van der Waals surface area (Å²) >= 11 is 0. The second-order valence-corrected chi connectivity index (χ2v) is 9.46. The van der Waals surface area contributed by atoms with E-state index in [0.717, 1.165) is 61.8 Å². The molecule has 4 heterocycles. The summed E-state index contributed by atoms with van der Waals surface area (Å²) in [5.41, 5.74) is 3.01. The van der Waals surface area contributed by atoms with E-state index in [0.29, 0.717) is 25.2 Å². The zero-order valence-corrected chi connectivity index (χ0v) is 19.1. The van der Waals surface area contributed by atoms with Crippen molar-refractivity contribution in [2.75, 3.05) is 37.9 Å². The molecule has 1 N–H and O–H groups in total. The van der Waals surface area contributed by atoms with Crippen LogP contribution >= 0.6 is 0 Å². The lowest BCUT2D eigenvalue weighted by atomic mass is 9.98. The Balaban J connectivity index is 1.25. The average molecular weight is 441 g/mol. The van der Waals surface area contributed by atoms with Crippen LogP contribution < -0.4 is 19.9 Å². The fraction of sp³-hybridized carbons (Fsp3) is 0.583. The van der Waals surface area contributed by atoms with Gasteiger partial charge >= 0.3 is 0 Å². The van der Waals surface area contributed by atoms with Crippen molar-refractivity contribution in [3.05, 3.63) is 45.4 Å². The van der Waals surface area contributed by atoms with Gasteiger partial charge in [0, 0.05) is 38.3 Å². The Kier molecular flexibility index (Phi) is 5.82. The molecule has 1 aromatic carbocycles. The molecule has 0 spiro atoms. The first-order valence-corrected chi connectivity index (χ1v) is 11.6. The summed E-state index contributed by atoms with van der Waals surface area (Å²) in [6.45, 7) is 10.7. The summed E-state index contributed by atoms with van der Waals surface area (Å²) in [6.07, 6.45) is 1.95. The van der Waals surface area contributed by atoms with Gasteiger partial charge in [0.15, 0.2) is 11.5 Å². The number of H-pyrrole nitrogens is 1. The van der Waals surface area contributed by atoms with Gasteiger partial charge in [0.25, 0.3) is 5.56 Å². The standard InChI is InChI=1S/C24H32N4O4/c1-15(8-18-4-5-21-22(9-18)31-14-30-21)10-27-7-6-19-20(13-27)25-24(26-23(19)29)28-11-16(2)32-17(3)12-28/h4-5,9,15-17H,6-8,10-14H2,1-3H3,(H,25,26,29)/t15-,16+,17+/m1/s1. The Morgan fingerprint density at radius 2 is 1.97 bits per heavy atom. The van der Waals surface area contributed by atoms with Crippen LogP contribution in [0.3, 0.4) is 0 Å². The smallest absolute Gasteiger partial charge is 0.255 e. The van der Waals surface area contributed by atoms with Crippen LogP contribution in [-0.2, 0) is 24.1 Å². The molecule has 0 saturated carbocycles. The molecule has 2 aromatic rings. The van der Waals surface area contributed by atoms with Crippen molar-refractivity contribution >= 4 is 5.95 Å². The predicted molar refractivity (Wildman–Crippen MR) is 121 cm³/mol. The number of aromatic amines is 1. The van der Waals surface area contributed by atoms with Gasteiger partial charge in [-0.3, -0.25) is 14.7 Å². The maximum atomic E-state index is 12.8. The molecule has 1 fully saturated rings. The third kappa shape index (κ3) is 4.47. The molecule has 0 amide bonds. The van der Waals surface area contributed by atoms with E-state index in [1.165, 1.54) is 5.56 Å². The minimum absolute atomic E-state index is 0.00450. The number of hydrogen-bond acceptors (Lipinski definition) is 7. The lowest BCUT2D eigenvalue weighted by Gasteiger charge is -2.36. The SMILES string of the molecule is C[C@H](Cc1ccc2c(c1)OCO2)CN1CCc2c(nc(N3C[C@H](C)O[C@@H](C)C3)[nH]c2=O)C1. The summed E-state index contributed by atoms with van der Waals surface area (Å²) < 4.78 is 16.8. The van der Waals surface area contributed by atoms with Gasteiger partial charge in [-0.2, -0.15) is 0 Å². The number of rotatable bonds is 5. The van der Waals surface area contributed by atoms with Crippen molar-refractivity contribution in [2.45, 2.75) is 52.4 Å². The van der Waals surface area contributed by atoms with Gasteiger partial charge in [-0.25, -0.2) is 4.98 Å². The number of anilines is 1. The highest BCUT2D eigenvalue weighted by Crippen LogP contribution is 2.33. The van der Waals surface area contributed by atoms with Crippen LogP contribution in [-0.4, -0.2) is 60.0 Å². The molecular weight excluding hydrogens is 408 g/mol. The number of morpholine rings is 1. The van der Waals surface area contributed by atoms with E-state index in [2.05, 4.69) is 47.7 Å². The lowest BCUT2D eigenvalue weighted by Crippen LogP contribution is -2.47. The predicted octanol–water partition coefficient (Wildman–Crippen LogP) is 2.35. The highest BCUT2D eigenvalue weighted by Gasteiger charge is 2.27. The minimum Gasteiger partial charge on any atom is -0.454 e. The second-order valence-electron chi connectivity index (χ2n) is 9.46. The first-order chi connectivity index (χ1) is 15.4. The number of nitrogens with one attached hydrogen (secondary N) is 1. The van der Waals surface area contributed by atoms with Gasteiger partial charge in [-0.15, -0.1) is 0 Å². The van der Waals surface area contributed by atoms with Gasteiger partial charge in [0.05, 0.1) is 17.9 Å². The molecule has 1 saturated heterocycles. The molecule has 8 heteroatoms. The van der Waals surface area contributed by atoms with Crippen LogP contribution in [0.5, 0.6) is 11.5 Å². The van der Waals surface area contributed by atoms with Gasteiger partial charge in [-0.1, -0.05) is 13.0 Å². The zero-order chi connectivity index (χ0) is 22.2. The Morgan fingerprint density at radius 1 is 1.19 bits per heavy atom. The third-order valence-corrected chi connectivity index (χ3v) is 6.45. The summed E-state index contributed by atoms with van der Waals surface area (Å²) in [4.78, 5) is 25.2. The highest BCUT2D eigenvalue weighted by molar-refractivity contribution is 5.44. The number of nitrogens with zero attached hydrogens (tertiary/aromatic N) is 3. The highest BCUT2D eigenvalue weighted by atomic mass is 16.7. The molecule has 0 radical (unpaired) electrons. The van der Waals surface area contributed by atoms with E-state index in [-0.39, 0.29) is 17.8 Å². The van der Waals surface area contributed by atoms with Crippen LogP contribution in [0, 0.1) is 5.92 Å². The van der Waals surface area contributed by atoms with E-state index in [9.17, 15) is 4.79 Å². The molecule has 3 atom stereocenters. The van der Waals surface area contributed by atoms with E-state index >= 15 is 0 Å². The fourth-order valence-corrected chi connectivity index (χ4v) is 5.11. The lowest BCUT2D eigenvalue weighted by molar-refractivity contribution is -0.00576. The Bertz CT molecular complexity index is 1030. The number of hydrogen-bond donors (Lipinski definition) is 1. The summed E-state index contributed by atoms with van der Waals surface area (Å²) in [7, 11) is 0. The van der Waals surface area contributed by atoms with E-state index in [4.69, 9.17) is 19.2 Å². The molecule has 3 aliphatic rings. The first kappa shape index (κ1) is 21.3.